The van der Waals surface area contributed by atoms with Crippen LogP contribution < -0.4 is 5.32 Å². The molecule has 4 rings (SSSR count). The summed E-state index contributed by atoms with van der Waals surface area (Å²) in [4.78, 5) is 16.4. The molecule has 8 heteroatoms. The summed E-state index contributed by atoms with van der Waals surface area (Å²) >= 11 is 0. The summed E-state index contributed by atoms with van der Waals surface area (Å²) in [6.07, 6.45) is 3.06. The van der Waals surface area contributed by atoms with Crippen LogP contribution in [0.5, 0.6) is 0 Å². The fourth-order valence-corrected chi connectivity index (χ4v) is 4.44. The summed E-state index contributed by atoms with van der Waals surface area (Å²) in [7, 11) is -3.25. The third kappa shape index (κ3) is 4.80. The van der Waals surface area contributed by atoms with Gasteiger partial charge in [-0.1, -0.05) is 38.1 Å². The standard InChI is InChI=1S/C25H26N4O3S/c1-16(19-7-11-21(12-8-19)26-18(3)30)17(2)24-27-25-23(6-5-15-29(25)28-24)20-9-13-22(14-10-20)33(4,31)32/h5-17H,1-4H3,(H,26,30). The molecule has 2 aromatic carbocycles. The van der Waals surface area contributed by atoms with E-state index < -0.39 is 9.84 Å². The van der Waals surface area contributed by atoms with Crippen molar-refractivity contribution >= 4 is 27.1 Å². The number of hydrogen-bond donors (Lipinski definition) is 1. The molecule has 170 valence electrons. The summed E-state index contributed by atoms with van der Waals surface area (Å²) in [6.45, 7) is 5.72. The summed E-state index contributed by atoms with van der Waals surface area (Å²) in [5, 5.41) is 7.49. The number of amides is 1. The summed E-state index contributed by atoms with van der Waals surface area (Å²) < 4.78 is 25.3. The van der Waals surface area contributed by atoms with Gasteiger partial charge in [0.2, 0.25) is 5.91 Å². The zero-order valence-electron chi connectivity index (χ0n) is 19.0. The molecule has 0 aliphatic carbocycles. The van der Waals surface area contributed by atoms with E-state index in [1.165, 1.54) is 13.2 Å². The molecule has 0 radical (unpaired) electrons. The van der Waals surface area contributed by atoms with Crippen molar-refractivity contribution in [1.29, 1.82) is 0 Å². The Morgan fingerprint density at radius 3 is 2.24 bits per heavy atom. The van der Waals surface area contributed by atoms with Crippen LogP contribution in [0.15, 0.2) is 71.8 Å². The first-order valence-electron chi connectivity index (χ1n) is 10.7. The number of hydrogen-bond acceptors (Lipinski definition) is 5. The Balaban J connectivity index is 1.63. The highest BCUT2D eigenvalue weighted by molar-refractivity contribution is 7.90. The van der Waals surface area contributed by atoms with Crippen molar-refractivity contribution in [2.45, 2.75) is 37.5 Å². The first-order chi connectivity index (χ1) is 15.6. The lowest BCUT2D eigenvalue weighted by Crippen LogP contribution is -2.08. The van der Waals surface area contributed by atoms with Gasteiger partial charge >= 0.3 is 0 Å². The molecule has 1 N–H and O–H groups in total. The highest BCUT2D eigenvalue weighted by atomic mass is 32.2. The van der Waals surface area contributed by atoms with Crippen LogP contribution in [0.2, 0.25) is 0 Å². The van der Waals surface area contributed by atoms with Crippen LogP contribution in [-0.2, 0) is 14.6 Å². The van der Waals surface area contributed by atoms with E-state index in [2.05, 4.69) is 19.2 Å². The van der Waals surface area contributed by atoms with E-state index >= 15 is 0 Å². The molecule has 4 aromatic rings. The third-order valence-electron chi connectivity index (χ3n) is 5.89. The number of nitrogens with zero attached hydrogens (tertiary/aromatic N) is 3. The normalized spacial score (nSPS) is 13.6. The van der Waals surface area contributed by atoms with E-state index in [1.807, 2.05) is 42.6 Å². The van der Waals surface area contributed by atoms with Gasteiger partial charge in [-0.05, 0) is 53.4 Å². The van der Waals surface area contributed by atoms with Gasteiger partial charge in [0.1, 0.15) is 0 Å². The van der Waals surface area contributed by atoms with E-state index in [9.17, 15) is 13.2 Å². The van der Waals surface area contributed by atoms with Crippen LogP contribution in [-0.4, -0.2) is 35.2 Å². The molecule has 0 spiro atoms. The molecular weight excluding hydrogens is 436 g/mol. The lowest BCUT2D eigenvalue weighted by atomic mass is 9.88. The first-order valence-corrected chi connectivity index (χ1v) is 12.6. The molecule has 0 aliphatic heterocycles. The minimum atomic E-state index is -3.25. The lowest BCUT2D eigenvalue weighted by Gasteiger charge is -2.18. The van der Waals surface area contributed by atoms with Crippen molar-refractivity contribution in [3.8, 4) is 11.1 Å². The molecule has 2 atom stereocenters. The Labute approximate surface area is 193 Å². The maximum absolute atomic E-state index is 11.8. The number of anilines is 1. The number of sulfone groups is 1. The third-order valence-corrected chi connectivity index (χ3v) is 7.01. The van der Waals surface area contributed by atoms with Crippen LogP contribution in [0.4, 0.5) is 5.69 Å². The maximum atomic E-state index is 11.8. The summed E-state index contributed by atoms with van der Waals surface area (Å²) in [5.74, 6) is 0.844. The number of carbonyl (C=O) groups is 1. The van der Waals surface area contributed by atoms with E-state index in [-0.39, 0.29) is 22.6 Å². The molecule has 0 aliphatic rings. The molecule has 0 fully saturated rings. The van der Waals surface area contributed by atoms with Crippen LogP contribution in [0.25, 0.3) is 16.8 Å². The van der Waals surface area contributed by atoms with E-state index in [4.69, 9.17) is 10.1 Å². The van der Waals surface area contributed by atoms with Crippen LogP contribution in [0.1, 0.15) is 44.0 Å². The number of carbonyl (C=O) groups excluding carboxylic acids is 1. The summed E-state index contributed by atoms with van der Waals surface area (Å²) in [5.41, 5.74) is 4.38. The highest BCUT2D eigenvalue weighted by Crippen LogP contribution is 2.33. The summed E-state index contributed by atoms with van der Waals surface area (Å²) in [6, 6.07) is 18.5. The van der Waals surface area contributed by atoms with Crippen LogP contribution in [0.3, 0.4) is 0 Å². The predicted molar refractivity (Wildman–Crippen MR) is 129 cm³/mol. The van der Waals surface area contributed by atoms with Gasteiger partial charge in [-0.3, -0.25) is 4.79 Å². The van der Waals surface area contributed by atoms with E-state index in [0.29, 0.717) is 0 Å². The van der Waals surface area contributed by atoms with Crippen molar-refractivity contribution in [3.63, 3.8) is 0 Å². The zero-order valence-corrected chi connectivity index (χ0v) is 19.8. The van der Waals surface area contributed by atoms with Gasteiger partial charge in [-0.25, -0.2) is 17.9 Å². The number of rotatable bonds is 6. The molecular formula is C25H26N4O3S. The Morgan fingerprint density at radius 1 is 0.970 bits per heavy atom. The Morgan fingerprint density at radius 2 is 1.64 bits per heavy atom. The van der Waals surface area contributed by atoms with Crippen molar-refractivity contribution in [3.05, 3.63) is 78.2 Å². The van der Waals surface area contributed by atoms with Gasteiger partial charge in [0.05, 0.1) is 4.90 Å². The number of aromatic nitrogens is 3. The molecule has 1 amide bonds. The number of pyridine rings is 1. The fourth-order valence-electron chi connectivity index (χ4n) is 3.81. The van der Waals surface area contributed by atoms with Gasteiger partial charge in [0, 0.05) is 36.5 Å². The molecule has 7 nitrogen and oxygen atoms in total. The van der Waals surface area contributed by atoms with Crippen molar-refractivity contribution in [2.24, 2.45) is 0 Å². The SMILES string of the molecule is CC(=O)Nc1ccc(C(C)C(C)c2nc3c(-c4ccc(S(C)(=O)=O)cc4)cccn3n2)cc1. The minimum Gasteiger partial charge on any atom is -0.326 e. The number of benzene rings is 2. The quantitative estimate of drug-likeness (QED) is 0.450. The van der Waals surface area contributed by atoms with Crippen molar-refractivity contribution in [2.75, 3.05) is 11.6 Å². The predicted octanol–water partition coefficient (Wildman–Crippen LogP) is 4.67. The highest BCUT2D eigenvalue weighted by Gasteiger charge is 2.22. The zero-order chi connectivity index (χ0) is 23.8. The average Bonchev–Trinajstić information content (AvgIpc) is 3.22. The van der Waals surface area contributed by atoms with Gasteiger partial charge in [-0.2, -0.15) is 5.10 Å². The average molecular weight is 463 g/mol. The van der Waals surface area contributed by atoms with Crippen molar-refractivity contribution < 1.29 is 13.2 Å². The Hall–Kier alpha value is -3.52. The van der Waals surface area contributed by atoms with Crippen molar-refractivity contribution in [1.82, 2.24) is 14.6 Å². The monoisotopic (exact) mass is 462 g/mol. The molecule has 2 unspecified atom stereocenters. The second kappa shape index (κ2) is 8.78. The topological polar surface area (TPSA) is 93.4 Å². The number of fused-ring (bicyclic) bond motifs is 1. The Kier molecular flexibility index (Phi) is 6.03. The maximum Gasteiger partial charge on any atom is 0.221 e. The minimum absolute atomic E-state index is 0.0528. The van der Waals surface area contributed by atoms with Crippen LogP contribution >= 0.6 is 0 Å². The second-order valence-electron chi connectivity index (χ2n) is 8.34. The number of nitrogens with one attached hydrogen (secondary N) is 1. The fraction of sp³-hybridized carbons (Fsp3) is 0.240. The van der Waals surface area contributed by atoms with Gasteiger partial charge in [0.25, 0.3) is 0 Å². The smallest absolute Gasteiger partial charge is 0.221 e. The molecule has 2 aromatic heterocycles. The lowest BCUT2D eigenvalue weighted by molar-refractivity contribution is -0.114. The largest absolute Gasteiger partial charge is 0.326 e. The van der Waals surface area contributed by atoms with Gasteiger partial charge in [-0.15, -0.1) is 0 Å². The van der Waals surface area contributed by atoms with Crippen LogP contribution in [0, 0.1) is 0 Å². The van der Waals surface area contributed by atoms with E-state index in [1.54, 1.807) is 28.8 Å². The Bertz CT molecular complexity index is 1410. The molecule has 0 bridgehead atoms. The molecule has 0 saturated carbocycles. The molecule has 0 saturated heterocycles. The van der Waals surface area contributed by atoms with E-state index in [0.717, 1.165) is 33.8 Å². The molecule has 2 heterocycles. The first kappa shape index (κ1) is 22.7. The van der Waals surface area contributed by atoms with Gasteiger partial charge < -0.3 is 5.32 Å². The van der Waals surface area contributed by atoms with Gasteiger partial charge in [0.15, 0.2) is 21.3 Å². The second-order valence-corrected chi connectivity index (χ2v) is 10.4. The molecule has 33 heavy (non-hydrogen) atoms.